The van der Waals surface area contributed by atoms with Crippen LogP contribution in [0.3, 0.4) is 0 Å². The number of hydrogen-bond acceptors (Lipinski definition) is 8. The van der Waals surface area contributed by atoms with E-state index in [1.54, 1.807) is 27.7 Å². The Balaban J connectivity index is 2.61. The average molecular weight is 348 g/mol. The fourth-order valence-corrected chi connectivity index (χ4v) is 3.64. The molecule has 0 aromatic carbocycles. The molecule has 0 saturated carbocycles. The molecule has 23 heavy (non-hydrogen) atoms. The summed E-state index contributed by atoms with van der Waals surface area (Å²) in [5, 5.41) is 0. The third kappa shape index (κ3) is 6.70. The number of nitrogens with two attached hydrogens (primary N) is 2. The van der Waals surface area contributed by atoms with Crippen molar-refractivity contribution >= 4 is 19.4 Å². The lowest BCUT2D eigenvalue weighted by atomic mass is 10.5. The number of hydrogen-bond donors (Lipinski definition) is 2. The van der Waals surface area contributed by atoms with Crippen LogP contribution in [0.5, 0.6) is 0 Å². The topological polar surface area (TPSA) is 132 Å². The van der Waals surface area contributed by atoms with Crippen molar-refractivity contribution in [2.75, 3.05) is 24.4 Å². The van der Waals surface area contributed by atoms with Gasteiger partial charge in [-0.3, -0.25) is 13.9 Å². The summed E-state index contributed by atoms with van der Waals surface area (Å²) in [4.78, 5) is 15.5. The maximum atomic E-state index is 12.5. The SMILES string of the molecule is CC(C)OP(=O)(COCCn1c(N)nc(N)cc1=O)OC(C)C. The van der Waals surface area contributed by atoms with Gasteiger partial charge in [0.05, 0.1) is 25.4 Å². The van der Waals surface area contributed by atoms with Gasteiger partial charge in [0, 0.05) is 6.07 Å². The summed E-state index contributed by atoms with van der Waals surface area (Å²) in [6.07, 6.45) is -0.731. The highest BCUT2D eigenvalue weighted by atomic mass is 31.2. The number of anilines is 2. The molecule has 1 rings (SSSR count). The lowest BCUT2D eigenvalue weighted by molar-refractivity contribution is 0.0957. The quantitative estimate of drug-likeness (QED) is 0.506. The molecule has 0 aliphatic heterocycles. The molecule has 1 aromatic rings. The van der Waals surface area contributed by atoms with Gasteiger partial charge in [-0.2, -0.15) is 4.98 Å². The Bertz CT molecular complexity index is 603. The van der Waals surface area contributed by atoms with Crippen LogP contribution < -0.4 is 17.0 Å². The molecule has 4 N–H and O–H groups in total. The summed E-state index contributed by atoms with van der Waals surface area (Å²) < 4.78 is 29.8. The highest BCUT2D eigenvalue weighted by Gasteiger charge is 2.28. The van der Waals surface area contributed by atoms with Crippen LogP contribution in [0, 0.1) is 0 Å². The first-order chi connectivity index (χ1) is 10.6. The summed E-state index contributed by atoms with van der Waals surface area (Å²) in [7, 11) is -3.36. The highest BCUT2D eigenvalue weighted by molar-refractivity contribution is 7.53. The van der Waals surface area contributed by atoms with E-state index < -0.39 is 7.60 Å². The zero-order chi connectivity index (χ0) is 17.6. The molecular formula is C13H25N4O5P. The Morgan fingerprint density at radius 2 is 1.78 bits per heavy atom. The summed E-state index contributed by atoms with van der Waals surface area (Å²) in [5.41, 5.74) is 10.7. The fourth-order valence-electron chi connectivity index (χ4n) is 1.83. The third-order valence-electron chi connectivity index (χ3n) is 2.51. The Hall–Kier alpha value is -1.41. The van der Waals surface area contributed by atoms with Crippen molar-refractivity contribution in [2.24, 2.45) is 0 Å². The molecule has 0 aliphatic rings. The standard InChI is InChI=1S/C13H25N4O5P/c1-9(2)21-23(19,22-10(3)4)8-20-6-5-17-12(18)7-11(14)16-13(17)15/h7,9-10H,5-6,8,14H2,1-4H3,(H2,15,16). The van der Waals surface area contributed by atoms with Crippen molar-refractivity contribution in [2.45, 2.75) is 46.4 Å². The van der Waals surface area contributed by atoms with Crippen molar-refractivity contribution < 1.29 is 18.3 Å². The fraction of sp³-hybridized carbons (Fsp3) is 0.692. The molecule has 1 aromatic heterocycles. The van der Waals surface area contributed by atoms with E-state index in [0.717, 1.165) is 0 Å². The van der Waals surface area contributed by atoms with Gasteiger partial charge < -0.3 is 25.3 Å². The number of nitrogens with zero attached hydrogens (tertiary/aromatic N) is 2. The van der Waals surface area contributed by atoms with Crippen LogP contribution in [-0.2, 0) is 24.9 Å². The van der Waals surface area contributed by atoms with Gasteiger partial charge in [-0.05, 0) is 27.7 Å². The normalized spacial score (nSPS) is 12.3. The van der Waals surface area contributed by atoms with Crippen molar-refractivity contribution in [1.82, 2.24) is 9.55 Å². The first-order valence-electron chi connectivity index (χ1n) is 7.29. The maximum Gasteiger partial charge on any atom is 0.356 e. The summed E-state index contributed by atoms with van der Waals surface area (Å²) in [5.74, 6) is 0.0588. The molecule has 0 atom stereocenters. The molecule has 0 bridgehead atoms. The van der Waals surface area contributed by atoms with E-state index in [0.29, 0.717) is 0 Å². The Morgan fingerprint density at radius 1 is 1.22 bits per heavy atom. The van der Waals surface area contributed by atoms with E-state index in [-0.39, 0.29) is 49.0 Å². The summed E-state index contributed by atoms with van der Waals surface area (Å²) >= 11 is 0. The lowest BCUT2D eigenvalue weighted by Crippen LogP contribution is -2.26. The minimum absolute atomic E-state index is 0.00126. The van der Waals surface area contributed by atoms with E-state index in [2.05, 4.69) is 4.98 Å². The number of rotatable bonds is 9. The van der Waals surface area contributed by atoms with Crippen molar-refractivity contribution in [3.8, 4) is 0 Å². The molecular weight excluding hydrogens is 323 g/mol. The Kier molecular flexibility index (Phi) is 7.21. The molecule has 0 radical (unpaired) electrons. The molecule has 0 spiro atoms. The largest absolute Gasteiger partial charge is 0.383 e. The predicted octanol–water partition coefficient (Wildman–Crippen LogP) is 1.42. The second kappa shape index (κ2) is 8.44. The van der Waals surface area contributed by atoms with Gasteiger partial charge >= 0.3 is 7.60 Å². The van der Waals surface area contributed by atoms with Gasteiger partial charge in [0.15, 0.2) is 0 Å². The molecule has 0 unspecified atom stereocenters. The first kappa shape index (κ1) is 19.6. The summed E-state index contributed by atoms with van der Waals surface area (Å²) in [6, 6.07) is 1.17. The molecule has 10 heteroatoms. The zero-order valence-electron chi connectivity index (χ0n) is 13.9. The smallest absolute Gasteiger partial charge is 0.356 e. The van der Waals surface area contributed by atoms with E-state index in [1.165, 1.54) is 10.6 Å². The zero-order valence-corrected chi connectivity index (χ0v) is 14.8. The molecule has 1 heterocycles. The monoisotopic (exact) mass is 348 g/mol. The van der Waals surface area contributed by atoms with Crippen LogP contribution in [-0.4, -0.2) is 34.7 Å². The van der Waals surface area contributed by atoms with Crippen molar-refractivity contribution in [1.29, 1.82) is 0 Å². The van der Waals surface area contributed by atoms with Crippen LogP contribution in [0.1, 0.15) is 27.7 Å². The van der Waals surface area contributed by atoms with Crippen LogP contribution in [0.15, 0.2) is 10.9 Å². The second-order valence-corrected chi connectivity index (χ2v) is 7.39. The van der Waals surface area contributed by atoms with E-state index >= 15 is 0 Å². The summed E-state index contributed by atoms with van der Waals surface area (Å²) in [6.45, 7) is 7.30. The molecule has 0 fully saturated rings. The van der Waals surface area contributed by atoms with Crippen molar-refractivity contribution in [3.63, 3.8) is 0 Å². The number of nitrogen functional groups attached to an aromatic ring is 2. The van der Waals surface area contributed by atoms with Gasteiger partial charge in [-0.15, -0.1) is 0 Å². The second-order valence-electron chi connectivity index (χ2n) is 5.49. The molecule has 132 valence electrons. The van der Waals surface area contributed by atoms with E-state index in [1.807, 2.05) is 0 Å². The van der Waals surface area contributed by atoms with E-state index in [4.69, 9.17) is 25.3 Å². The molecule has 0 aliphatic carbocycles. The minimum atomic E-state index is -3.36. The average Bonchev–Trinajstić information content (AvgIpc) is 2.34. The lowest BCUT2D eigenvalue weighted by Gasteiger charge is -2.22. The van der Waals surface area contributed by atoms with Crippen LogP contribution in [0.2, 0.25) is 0 Å². The first-order valence-corrected chi connectivity index (χ1v) is 9.02. The van der Waals surface area contributed by atoms with E-state index in [9.17, 15) is 9.36 Å². The Labute approximate surface area is 135 Å². The number of ether oxygens (including phenoxy) is 1. The Morgan fingerprint density at radius 3 is 2.26 bits per heavy atom. The third-order valence-corrected chi connectivity index (χ3v) is 4.49. The maximum absolute atomic E-state index is 12.5. The number of aromatic nitrogens is 2. The van der Waals surface area contributed by atoms with Gasteiger partial charge in [-0.25, -0.2) is 0 Å². The molecule has 9 nitrogen and oxygen atoms in total. The highest BCUT2D eigenvalue weighted by Crippen LogP contribution is 2.50. The van der Waals surface area contributed by atoms with Gasteiger partial charge in [0.1, 0.15) is 12.2 Å². The van der Waals surface area contributed by atoms with Gasteiger partial charge in [0.2, 0.25) is 5.95 Å². The van der Waals surface area contributed by atoms with Crippen LogP contribution in [0.25, 0.3) is 0 Å². The van der Waals surface area contributed by atoms with Crippen LogP contribution in [0.4, 0.5) is 11.8 Å². The van der Waals surface area contributed by atoms with Crippen LogP contribution >= 0.6 is 7.60 Å². The van der Waals surface area contributed by atoms with Gasteiger partial charge in [0.25, 0.3) is 5.56 Å². The minimum Gasteiger partial charge on any atom is -0.383 e. The predicted molar refractivity (Wildman–Crippen MR) is 88.2 cm³/mol. The molecule has 0 saturated heterocycles. The molecule has 0 amide bonds. The van der Waals surface area contributed by atoms with Crippen molar-refractivity contribution in [3.05, 3.63) is 16.4 Å². The van der Waals surface area contributed by atoms with Gasteiger partial charge in [-0.1, -0.05) is 0 Å².